The second-order valence-corrected chi connectivity index (χ2v) is 6.52. The van der Waals surface area contributed by atoms with Gasteiger partial charge in [-0.1, -0.05) is 11.8 Å². The summed E-state index contributed by atoms with van der Waals surface area (Å²) in [6.07, 6.45) is 2.27. The zero-order valence-electron chi connectivity index (χ0n) is 12.1. The average Bonchev–Trinajstić information content (AvgIpc) is 3.10. The Labute approximate surface area is 122 Å². The second kappa shape index (κ2) is 6.13. The Kier molecular flexibility index (Phi) is 4.70. The van der Waals surface area contributed by atoms with Crippen LogP contribution < -0.4 is 0 Å². The molecule has 20 heavy (non-hydrogen) atoms. The van der Waals surface area contributed by atoms with Crippen LogP contribution in [0.15, 0.2) is 5.16 Å². The molecule has 7 heteroatoms. The standard InChI is InChI=1S/C13H21N3O3S/c1-4-19-13(2,3)8-16-11(9-5-6-9)14-15-12(16)20-7-10(17)18/h9H,4-8H2,1-3H3,(H,17,18). The van der Waals surface area contributed by atoms with Gasteiger partial charge in [-0.05, 0) is 33.6 Å². The molecule has 1 aliphatic carbocycles. The number of thioether (sulfide) groups is 1. The maximum absolute atomic E-state index is 10.7. The molecular weight excluding hydrogens is 278 g/mol. The summed E-state index contributed by atoms with van der Waals surface area (Å²) in [4.78, 5) is 10.7. The van der Waals surface area contributed by atoms with Crippen molar-refractivity contribution in [2.75, 3.05) is 12.4 Å². The lowest BCUT2D eigenvalue weighted by Crippen LogP contribution is -2.31. The lowest BCUT2D eigenvalue weighted by molar-refractivity contribution is -0.133. The molecule has 0 spiro atoms. The summed E-state index contributed by atoms with van der Waals surface area (Å²) in [5.74, 6) is 0.587. The van der Waals surface area contributed by atoms with Gasteiger partial charge in [-0.25, -0.2) is 0 Å². The summed E-state index contributed by atoms with van der Waals surface area (Å²) in [7, 11) is 0. The van der Waals surface area contributed by atoms with Gasteiger partial charge >= 0.3 is 5.97 Å². The molecule has 0 aliphatic heterocycles. The SMILES string of the molecule is CCOC(C)(C)Cn1c(SCC(=O)O)nnc1C1CC1. The van der Waals surface area contributed by atoms with E-state index < -0.39 is 5.97 Å². The monoisotopic (exact) mass is 299 g/mol. The highest BCUT2D eigenvalue weighted by atomic mass is 32.2. The van der Waals surface area contributed by atoms with Gasteiger partial charge in [0.25, 0.3) is 0 Å². The fourth-order valence-corrected chi connectivity index (χ4v) is 2.81. The van der Waals surface area contributed by atoms with Gasteiger partial charge < -0.3 is 14.4 Å². The van der Waals surface area contributed by atoms with Gasteiger partial charge in [-0.2, -0.15) is 0 Å². The largest absolute Gasteiger partial charge is 0.481 e. The van der Waals surface area contributed by atoms with Crippen LogP contribution in [0.4, 0.5) is 0 Å². The van der Waals surface area contributed by atoms with E-state index in [2.05, 4.69) is 10.2 Å². The van der Waals surface area contributed by atoms with Crippen molar-refractivity contribution >= 4 is 17.7 Å². The number of hydrogen-bond donors (Lipinski definition) is 1. The second-order valence-electron chi connectivity index (χ2n) is 5.58. The average molecular weight is 299 g/mol. The van der Waals surface area contributed by atoms with Crippen LogP contribution in [-0.2, 0) is 16.1 Å². The fourth-order valence-electron chi connectivity index (χ4n) is 2.14. The molecule has 0 bridgehead atoms. The van der Waals surface area contributed by atoms with Crippen molar-refractivity contribution in [3.63, 3.8) is 0 Å². The van der Waals surface area contributed by atoms with E-state index in [4.69, 9.17) is 9.84 Å². The first kappa shape index (κ1) is 15.3. The molecule has 2 rings (SSSR count). The Morgan fingerprint density at radius 1 is 1.50 bits per heavy atom. The quantitative estimate of drug-likeness (QED) is 0.741. The fraction of sp³-hybridized carbons (Fsp3) is 0.769. The van der Waals surface area contributed by atoms with Crippen molar-refractivity contribution in [1.82, 2.24) is 14.8 Å². The zero-order valence-corrected chi connectivity index (χ0v) is 12.9. The van der Waals surface area contributed by atoms with Crippen LogP contribution in [0.5, 0.6) is 0 Å². The van der Waals surface area contributed by atoms with Crippen molar-refractivity contribution in [3.05, 3.63) is 5.82 Å². The van der Waals surface area contributed by atoms with Gasteiger partial charge in [0.2, 0.25) is 0 Å². The molecule has 0 atom stereocenters. The molecule has 0 saturated heterocycles. The molecule has 1 aromatic heterocycles. The molecule has 6 nitrogen and oxygen atoms in total. The number of aliphatic carboxylic acids is 1. The van der Waals surface area contributed by atoms with Gasteiger partial charge in [-0.15, -0.1) is 10.2 Å². The number of carbonyl (C=O) groups is 1. The third kappa shape index (κ3) is 3.96. The highest BCUT2D eigenvalue weighted by Gasteiger charge is 2.32. The minimum Gasteiger partial charge on any atom is -0.481 e. The van der Waals surface area contributed by atoms with E-state index in [0.717, 1.165) is 18.7 Å². The predicted molar refractivity (Wildman–Crippen MR) is 76.1 cm³/mol. The first-order valence-corrected chi connectivity index (χ1v) is 7.83. The van der Waals surface area contributed by atoms with E-state index in [1.807, 2.05) is 25.3 Å². The minimum atomic E-state index is -0.846. The van der Waals surface area contributed by atoms with Crippen molar-refractivity contribution < 1.29 is 14.6 Å². The Hall–Kier alpha value is -1.08. The summed E-state index contributed by atoms with van der Waals surface area (Å²) in [6, 6.07) is 0. The Morgan fingerprint density at radius 3 is 2.75 bits per heavy atom. The maximum atomic E-state index is 10.7. The lowest BCUT2D eigenvalue weighted by Gasteiger charge is -2.26. The zero-order chi connectivity index (χ0) is 14.8. The van der Waals surface area contributed by atoms with E-state index in [1.54, 1.807) is 0 Å². The number of carboxylic acid groups (broad SMARTS) is 1. The molecule has 1 N–H and O–H groups in total. The number of rotatable bonds is 8. The van der Waals surface area contributed by atoms with E-state index in [1.165, 1.54) is 11.8 Å². The number of hydrogen-bond acceptors (Lipinski definition) is 5. The molecule has 1 saturated carbocycles. The van der Waals surface area contributed by atoms with Gasteiger partial charge in [0.05, 0.1) is 17.9 Å². The van der Waals surface area contributed by atoms with Gasteiger partial charge in [-0.3, -0.25) is 4.79 Å². The van der Waals surface area contributed by atoms with Crippen molar-refractivity contribution in [2.45, 2.75) is 56.8 Å². The third-order valence-corrected chi connectivity index (χ3v) is 4.04. The molecule has 112 valence electrons. The van der Waals surface area contributed by atoms with E-state index >= 15 is 0 Å². The normalized spacial score (nSPS) is 15.6. The molecule has 1 fully saturated rings. The number of carboxylic acids is 1. The summed E-state index contributed by atoms with van der Waals surface area (Å²) in [5, 5.41) is 17.9. The molecule has 0 amide bonds. The number of ether oxygens (including phenoxy) is 1. The summed E-state index contributed by atoms with van der Waals surface area (Å²) < 4.78 is 7.77. The molecule has 0 unspecified atom stereocenters. The van der Waals surface area contributed by atoms with Crippen molar-refractivity contribution in [3.8, 4) is 0 Å². The molecule has 1 heterocycles. The Bertz CT molecular complexity index is 483. The smallest absolute Gasteiger partial charge is 0.313 e. The Morgan fingerprint density at radius 2 is 2.20 bits per heavy atom. The highest BCUT2D eigenvalue weighted by Crippen LogP contribution is 2.40. The molecular formula is C13H21N3O3S. The molecule has 1 aliphatic rings. The Balaban J connectivity index is 2.18. The molecule has 0 radical (unpaired) electrons. The topological polar surface area (TPSA) is 77.2 Å². The maximum Gasteiger partial charge on any atom is 0.313 e. The third-order valence-electron chi connectivity index (χ3n) is 3.09. The van der Waals surface area contributed by atoms with E-state index in [9.17, 15) is 4.79 Å². The van der Waals surface area contributed by atoms with Crippen LogP contribution >= 0.6 is 11.8 Å². The van der Waals surface area contributed by atoms with E-state index in [-0.39, 0.29) is 11.4 Å². The number of nitrogens with zero attached hydrogens (tertiary/aromatic N) is 3. The summed E-state index contributed by atoms with van der Waals surface area (Å²) in [5.41, 5.74) is -0.320. The van der Waals surface area contributed by atoms with Crippen molar-refractivity contribution in [2.24, 2.45) is 0 Å². The minimum absolute atomic E-state index is 0.00212. The van der Waals surface area contributed by atoms with Crippen LogP contribution in [0.25, 0.3) is 0 Å². The summed E-state index contributed by atoms with van der Waals surface area (Å²) >= 11 is 1.21. The van der Waals surface area contributed by atoms with Crippen LogP contribution in [0, 0.1) is 0 Å². The van der Waals surface area contributed by atoms with Gasteiger partial charge in [0, 0.05) is 12.5 Å². The number of aromatic nitrogens is 3. The van der Waals surface area contributed by atoms with Crippen LogP contribution in [-0.4, -0.2) is 43.8 Å². The molecule has 1 aromatic rings. The predicted octanol–water partition coefficient (Wildman–Crippen LogP) is 2.15. The van der Waals surface area contributed by atoms with Gasteiger partial charge in [0.15, 0.2) is 5.16 Å². The highest BCUT2D eigenvalue weighted by molar-refractivity contribution is 7.99. The summed E-state index contributed by atoms with van der Waals surface area (Å²) in [6.45, 7) is 7.31. The molecule has 0 aromatic carbocycles. The van der Waals surface area contributed by atoms with Crippen molar-refractivity contribution in [1.29, 1.82) is 0 Å². The van der Waals surface area contributed by atoms with Crippen LogP contribution in [0.1, 0.15) is 45.4 Å². The first-order chi connectivity index (χ1) is 9.43. The van der Waals surface area contributed by atoms with Crippen LogP contribution in [0.3, 0.4) is 0 Å². The lowest BCUT2D eigenvalue weighted by atomic mass is 10.1. The van der Waals surface area contributed by atoms with E-state index in [0.29, 0.717) is 24.2 Å². The first-order valence-electron chi connectivity index (χ1n) is 6.84. The van der Waals surface area contributed by atoms with Gasteiger partial charge in [0.1, 0.15) is 5.82 Å². The van der Waals surface area contributed by atoms with Crippen LogP contribution in [0.2, 0.25) is 0 Å².